The monoisotopic (exact) mass is 1340 g/mol. The van der Waals surface area contributed by atoms with E-state index in [0.29, 0.717) is 76.3 Å². The number of hydrogen-bond donors (Lipinski definition) is 5. The quantitative estimate of drug-likeness (QED) is 0.0178. The maximum atomic E-state index is 13.8. The van der Waals surface area contributed by atoms with Gasteiger partial charge in [-0.05, 0) is 137 Å². The van der Waals surface area contributed by atoms with Crippen LogP contribution in [0.2, 0.25) is 0 Å². The predicted molar refractivity (Wildman–Crippen MR) is 349 cm³/mol. The van der Waals surface area contributed by atoms with Gasteiger partial charge < -0.3 is 41.4 Å². The Kier molecular flexibility index (Phi) is 46.0. The Bertz CT molecular complexity index is 2640. The summed E-state index contributed by atoms with van der Waals surface area (Å²) in [6, 6.07) is 19.2. The fourth-order valence-corrected chi connectivity index (χ4v) is 10.4. The lowest BCUT2D eigenvalue weighted by Gasteiger charge is -2.22. The Morgan fingerprint density at radius 3 is 1.58 bits per heavy atom. The van der Waals surface area contributed by atoms with Crippen molar-refractivity contribution in [3.8, 4) is 0 Å². The van der Waals surface area contributed by atoms with Crippen LogP contribution in [0.4, 0.5) is 58.4 Å². The Balaban J connectivity index is 0. The number of nitrogens with one attached hydrogen (secondary N) is 4. The lowest BCUT2D eigenvalue weighted by Crippen LogP contribution is -2.32. The number of likely N-dealkylation sites (N-methyl/N-ethyl adjacent to an activating group) is 1. The second-order valence-corrected chi connectivity index (χ2v) is 23.3. The van der Waals surface area contributed by atoms with E-state index < -0.39 is 67.9 Å². The zero-order valence-corrected chi connectivity index (χ0v) is 55.8. The first-order chi connectivity index (χ1) is 42.9. The van der Waals surface area contributed by atoms with Crippen molar-refractivity contribution in [3.05, 3.63) is 137 Å². The lowest BCUT2D eigenvalue weighted by atomic mass is 9.88. The summed E-state index contributed by atoms with van der Waals surface area (Å²) in [5.41, 5.74) is -1.39. The van der Waals surface area contributed by atoms with E-state index >= 15 is 0 Å². The van der Waals surface area contributed by atoms with Crippen molar-refractivity contribution in [2.24, 2.45) is 11.1 Å². The molecule has 5 rings (SSSR count). The average molecular weight is 1340 g/mol. The molecule has 4 aromatic carbocycles. The molecule has 4 aromatic rings. The number of anilines is 1. The van der Waals surface area contributed by atoms with Gasteiger partial charge in [0.25, 0.3) is 0 Å². The van der Waals surface area contributed by atoms with Gasteiger partial charge in [0.2, 0.25) is 6.41 Å². The number of allylic oxidation sites excluding steroid dienone is 2. The molecule has 91 heavy (non-hydrogen) atoms. The molecule has 2 atom stereocenters. The molecule has 0 spiro atoms. The smallest absolute Gasteiger partial charge is 0.391 e. The number of rotatable bonds is 26. The van der Waals surface area contributed by atoms with Gasteiger partial charge in [-0.25, -0.2) is 0 Å². The number of hydrogen-bond acceptors (Lipinski definition) is 11. The molecular formula is C67H96F12N6O4S2. The Morgan fingerprint density at radius 2 is 1.16 bits per heavy atom. The minimum Gasteiger partial charge on any atom is -0.391 e. The molecule has 6 N–H and O–H groups in total. The number of carbonyl (C=O) groups excluding carboxylic acids is 3. The van der Waals surface area contributed by atoms with Crippen LogP contribution in [0.25, 0.3) is 12.2 Å². The number of benzene rings is 4. The van der Waals surface area contributed by atoms with Gasteiger partial charge in [-0.15, -0.1) is 0 Å². The number of halogens is 12. The van der Waals surface area contributed by atoms with Crippen molar-refractivity contribution < 1.29 is 71.8 Å². The van der Waals surface area contributed by atoms with Gasteiger partial charge in [0.15, 0.2) is 0 Å². The highest BCUT2D eigenvalue weighted by atomic mass is 32.2. The average Bonchev–Trinajstić information content (AvgIpc) is 0.885. The predicted octanol–water partition coefficient (Wildman–Crippen LogP) is 18.6. The van der Waals surface area contributed by atoms with Gasteiger partial charge in [-0.1, -0.05) is 159 Å². The molecule has 0 aliphatic carbocycles. The first-order valence-electron chi connectivity index (χ1n) is 30.1. The minimum absolute atomic E-state index is 0.0757. The van der Waals surface area contributed by atoms with E-state index in [9.17, 15) is 62.3 Å². The van der Waals surface area contributed by atoms with Crippen LogP contribution in [-0.2, 0) is 43.8 Å². The zero-order valence-electron chi connectivity index (χ0n) is 54.1. The number of carbonyl (C=O) groups is 3. The number of nitrogens with zero attached hydrogens (tertiary/aromatic N) is 1. The molecule has 1 aliphatic heterocycles. The van der Waals surface area contributed by atoms with Crippen LogP contribution in [0.5, 0.6) is 0 Å². The molecule has 24 heteroatoms. The Labute approximate surface area is 540 Å². The highest BCUT2D eigenvalue weighted by Gasteiger charge is 2.48. The lowest BCUT2D eigenvalue weighted by molar-refractivity contribution is -0.163. The molecule has 2 unspecified atom stereocenters. The van der Waals surface area contributed by atoms with Crippen LogP contribution in [0, 0.1) is 5.41 Å². The van der Waals surface area contributed by atoms with E-state index in [1.54, 1.807) is 54.7 Å². The number of ether oxygens (including phenoxy) is 1. The second kappa shape index (κ2) is 48.0. The summed E-state index contributed by atoms with van der Waals surface area (Å²) < 4.78 is 169. The van der Waals surface area contributed by atoms with Crippen LogP contribution in [-0.4, -0.2) is 96.5 Å². The van der Waals surface area contributed by atoms with Crippen LogP contribution >= 0.6 is 23.5 Å². The third-order valence-electron chi connectivity index (χ3n) is 12.6. The molecule has 1 amide bonds. The van der Waals surface area contributed by atoms with Gasteiger partial charge in [-0.3, -0.25) is 9.59 Å². The van der Waals surface area contributed by atoms with E-state index in [0.717, 1.165) is 108 Å². The molecule has 0 aromatic heterocycles. The van der Waals surface area contributed by atoms with Crippen LogP contribution in [0.3, 0.4) is 0 Å². The largest absolute Gasteiger partial charge is 0.418 e. The third kappa shape index (κ3) is 38.1. The molecule has 1 fully saturated rings. The van der Waals surface area contributed by atoms with Crippen molar-refractivity contribution in [1.29, 1.82) is 0 Å². The van der Waals surface area contributed by atoms with Gasteiger partial charge in [-0.2, -0.15) is 52.7 Å². The van der Waals surface area contributed by atoms with Crippen molar-refractivity contribution in [2.75, 3.05) is 65.3 Å². The Hall–Kier alpha value is -5.79. The fourth-order valence-electron chi connectivity index (χ4n) is 8.34. The standard InChI is InChI=1S/C23H24F6N2OS.C19H16F6S.C12H26N2O.C5H11NO.C5H11N.C2H6.CH2O/c1-2-5-16(11-12-30)31-17-7-3-8-18(14-17)33-19-10-9-15(6-4-13-32)20(22(24,25)26)21(19)23(27,28)29;1-2-3-5-8-13-11-12-15(26-14-9-6-4-7-10-14)17(19(23,24)25)16(13)18(20,21)22;1-12(2,3)8-5-6-11(13-4)7-9-14-10-15;1-6-2-4-7-5-3-6;1-3-5-6-4-2;2*1-2/h3-4,6-10,13-14,16,31H,2,5,11-12,30H2,1H3;4-12H,2-3H2,1H3;10-11,13H,5-9H2,1-4H3,(H,14,15);2-5H2,1H3;4,6H,2-3,5H2,1H3;1-2H3;1H2/b6-4+;8-5+;;;;;. The van der Waals surface area contributed by atoms with Gasteiger partial charge >= 0.3 is 24.7 Å². The molecule has 0 radical (unpaired) electrons. The Morgan fingerprint density at radius 1 is 0.637 bits per heavy atom. The molecular weight excluding hydrogens is 1240 g/mol. The summed E-state index contributed by atoms with van der Waals surface area (Å²) in [6.07, 6.45) is -4.60. The molecule has 0 saturated carbocycles. The van der Waals surface area contributed by atoms with E-state index in [1.807, 2.05) is 41.5 Å². The third-order valence-corrected chi connectivity index (χ3v) is 14.7. The SMILES string of the molecule is C=CNCCC.C=O.CC.CCC/C=C/c1ccc(Sc2ccccc2)c(C(F)(F)F)c1C(F)(F)F.CCCC(CCN)Nc1cccc(Sc2ccc(/C=C/C=O)c(C(F)(F)F)c2C(F)(F)F)c1.CN1CCOCC1.CNC(CCCC(C)(C)C)CCNC=O. The second-order valence-electron chi connectivity index (χ2n) is 21.1. The number of unbranched alkanes of at least 4 members (excludes halogenated alkanes) is 1. The topological polar surface area (TPSA) is 138 Å². The maximum absolute atomic E-state index is 13.8. The number of morpholine rings is 1. The summed E-state index contributed by atoms with van der Waals surface area (Å²) in [4.78, 5) is 30.6. The van der Waals surface area contributed by atoms with E-state index in [1.165, 1.54) is 37.8 Å². The summed E-state index contributed by atoms with van der Waals surface area (Å²) in [7, 11) is 4.10. The van der Waals surface area contributed by atoms with Gasteiger partial charge in [0.1, 0.15) is 13.1 Å². The molecule has 1 saturated heterocycles. The van der Waals surface area contributed by atoms with E-state index in [2.05, 4.69) is 67.5 Å². The van der Waals surface area contributed by atoms with E-state index in [-0.39, 0.29) is 12.3 Å². The number of alkyl halides is 12. The van der Waals surface area contributed by atoms with Crippen molar-refractivity contribution in [2.45, 2.75) is 176 Å². The zero-order chi connectivity index (χ0) is 69.7. The van der Waals surface area contributed by atoms with Gasteiger partial charge in [0.05, 0.1) is 35.5 Å². The van der Waals surface area contributed by atoms with E-state index in [4.69, 9.17) is 15.3 Å². The summed E-state index contributed by atoms with van der Waals surface area (Å²) in [5, 5.41) is 12.2. The molecule has 0 bridgehead atoms. The van der Waals surface area contributed by atoms with Crippen molar-refractivity contribution in [3.63, 3.8) is 0 Å². The van der Waals surface area contributed by atoms with Crippen LogP contribution < -0.4 is 27.0 Å². The molecule has 514 valence electrons. The molecule has 1 aliphatic rings. The number of nitrogens with two attached hydrogens (primary N) is 1. The minimum atomic E-state index is -5.27. The normalized spacial score (nSPS) is 13.3. The highest BCUT2D eigenvalue weighted by Crippen LogP contribution is 2.50. The van der Waals surface area contributed by atoms with Gasteiger partial charge in [0, 0.05) is 63.5 Å². The summed E-state index contributed by atoms with van der Waals surface area (Å²) >= 11 is 1.26. The maximum Gasteiger partial charge on any atom is 0.418 e. The summed E-state index contributed by atoms with van der Waals surface area (Å²) in [6.45, 7) is 28.6. The molecule has 10 nitrogen and oxygen atoms in total. The number of aldehydes is 1. The van der Waals surface area contributed by atoms with Crippen LogP contribution in [0.1, 0.15) is 153 Å². The van der Waals surface area contributed by atoms with Crippen molar-refractivity contribution >= 4 is 60.8 Å². The molecule has 1 heterocycles. The number of amides is 1. The van der Waals surface area contributed by atoms with Crippen molar-refractivity contribution in [1.82, 2.24) is 20.9 Å². The van der Waals surface area contributed by atoms with Crippen LogP contribution in [0.15, 0.2) is 123 Å². The highest BCUT2D eigenvalue weighted by molar-refractivity contribution is 7.99. The summed E-state index contributed by atoms with van der Waals surface area (Å²) in [5.74, 6) is 0. The first-order valence-corrected chi connectivity index (χ1v) is 31.7. The first kappa shape index (κ1) is 87.3. The fraction of sp³-hybridized carbons (Fsp3) is 0.507.